The first-order chi connectivity index (χ1) is 12.0. The van der Waals surface area contributed by atoms with Crippen LogP contribution in [0.1, 0.15) is 27.2 Å². The van der Waals surface area contributed by atoms with Gasteiger partial charge in [-0.3, -0.25) is 4.79 Å². The molecule has 8 heteroatoms. The molecule has 3 amide bonds. The monoisotopic (exact) mass is 348 g/mol. The van der Waals surface area contributed by atoms with Gasteiger partial charge in [0.2, 0.25) is 11.9 Å². The molecule has 2 N–H and O–H groups in total. The highest BCUT2D eigenvalue weighted by Gasteiger charge is 2.22. The lowest BCUT2D eigenvalue weighted by molar-refractivity contribution is -0.131. The van der Waals surface area contributed by atoms with Crippen LogP contribution in [0.2, 0.25) is 0 Å². The summed E-state index contributed by atoms with van der Waals surface area (Å²) in [7, 11) is 0. The number of carbonyl (C=O) groups excluding carboxylic acids is 2. The SMILES string of the molecule is CC(C)C(C)NC(=O)NCCC(=O)N1CCN(c2ncccn2)CC1. The summed E-state index contributed by atoms with van der Waals surface area (Å²) in [6.45, 7) is 9.14. The zero-order chi connectivity index (χ0) is 18.2. The molecule has 0 spiro atoms. The van der Waals surface area contributed by atoms with E-state index in [-0.39, 0.29) is 18.0 Å². The second kappa shape index (κ2) is 9.19. The molecule has 0 radical (unpaired) electrons. The van der Waals surface area contributed by atoms with Gasteiger partial charge in [0, 0.05) is 57.6 Å². The molecule has 138 valence electrons. The van der Waals surface area contributed by atoms with E-state index in [9.17, 15) is 9.59 Å². The Hall–Kier alpha value is -2.38. The second-order valence-corrected chi connectivity index (χ2v) is 6.60. The van der Waals surface area contributed by atoms with Crippen molar-refractivity contribution in [2.45, 2.75) is 33.2 Å². The molecule has 0 aromatic carbocycles. The summed E-state index contributed by atoms with van der Waals surface area (Å²) < 4.78 is 0. The Labute approximate surface area is 149 Å². The van der Waals surface area contributed by atoms with Crippen LogP contribution in [0, 0.1) is 5.92 Å². The van der Waals surface area contributed by atoms with Crippen LogP contribution >= 0.6 is 0 Å². The van der Waals surface area contributed by atoms with Gasteiger partial charge in [-0.25, -0.2) is 14.8 Å². The van der Waals surface area contributed by atoms with Gasteiger partial charge in [0.05, 0.1) is 0 Å². The summed E-state index contributed by atoms with van der Waals surface area (Å²) in [4.78, 5) is 36.4. The van der Waals surface area contributed by atoms with Gasteiger partial charge in [-0.15, -0.1) is 0 Å². The van der Waals surface area contributed by atoms with Gasteiger partial charge in [0.15, 0.2) is 0 Å². The van der Waals surface area contributed by atoms with E-state index in [0.29, 0.717) is 37.9 Å². The predicted octanol–water partition coefficient (Wildman–Crippen LogP) is 0.859. The summed E-state index contributed by atoms with van der Waals surface area (Å²) >= 11 is 0. The van der Waals surface area contributed by atoms with Crippen molar-refractivity contribution in [2.75, 3.05) is 37.6 Å². The van der Waals surface area contributed by atoms with Gasteiger partial charge < -0.3 is 20.4 Å². The maximum Gasteiger partial charge on any atom is 0.315 e. The zero-order valence-electron chi connectivity index (χ0n) is 15.2. The summed E-state index contributed by atoms with van der Waals surface area (Å²) in [6.07, 6.45) is 3.75. The third-order valence-electron chi connectivity index (χ3n) is 4.45. The predicted molar refractivity (Wildman–Crippen MR) is 96.3 cm³/mol. The van der Waals surface area contributed by atoms with Crippen LogP contribution in [-0.4, -0.2) is 65.6 Å². The molecule has 1 fully saturated rings. The Kier molecular flexibility index (Phi) is 6.97. The first kappa shape index (κ1) is 19.0. The maximum atomic E-state index is 12.3. The number of hydrogen-bond donors (Lipinski definition) is 2. The highest BCUT2D eigenvalue weighted by atomic mass is 16.2. The smallest absolute Gasteiger partial charge is 0.315 e. The number of urea groups is 1. The molecule has 1 unspecified atom stereocenters. The van der Waals surface area contributed by atoms with Gasteiger partial charge in [-0.05, 0) is 18.9 Å². The van der Waals surface area contributed by atoms with Gasteiger partial charge in [-0.2, -0.15) is 0 Å². The number of anilines is 1. The summed E-state index contributed by atoms with van der Waals surface area (Å²) in [5.74, 6) is 1.13. The van der Waals surface area contributed by atoms with Crippen LogP contribution in [0.5, 0.6) is 0 Å². The molecule has 8 nitrogen and oxygen atoms in total. The molecule has 1 atom stereocenters. The third kappa shape index (κ3) is 5.88. The normalized spacial score (nSPS) is 15.8. The fourth-order valence-corrected chi connectivity index (χ4v) is 2.48. The average Bonchev–Trinajstić information content (AvgIpc) is 2.62. The van der Waals surface area contributed by atoms with Crippen molar-refractivity contribution in [3.63, 3.8) is 0 Å². The summed E-state index contributed by atoms with van der Waals surface area (Å²) in [6, 6.07) is 1.66. The minimum atomic E-state index is -0.222. The standard InChI is InChI=1S/C17H28N6O2/c1-13(2)14(3)21-17(25)20-8-5-15(24)22-9-11-23(12-10-22)16-18-6-4-7-19-16/h4,6-7,13-14H,5,8-12H2,1-3H3,(H2,20,21,25). The van der Waals surface area contributed by atoms with E-state index in [1.54, 1.807) is 18.5 Å². The van der Waals surface area contributed by atoms with E-state index in [1.165, 1.54) is 0 Å². The fraction of sp³-hybridized carbons (Fsp3) is 0.647. The lowest BCUT2D eigenvalue weighted by Crippen LogP contribution is -2.50. The molecule has 0 aliphatic carbocycles. The Morgan fingerprint density at radius 3 is 2.36 bits per heavy atom. The first-order valence-corrected chi connectivity index (χ1v) is 8.81. The molecule has 1 aliphatic rings. The fourth-order valence-electron chi connectivity index (χ4n) is 2.48. The molecular weight excluding hydrogens is 320 g/mol. The lowest BCUT2D eigenvalue weighted by Gasteiger charge is -2.34. The molecule has 1 aromatic rings. The van der Waals surface area contributed by atoms with Crippen LogP contribution in [0.3, 0.4) is 0 Å². The Balaban J connectivity index is 1.66. The van der Waals surface area contributed by atoms with Crippen LogP contribution in [0.25, 0.3) is 0 Å². The lowest BCUT2D eigenvalue weighted by atomic mass is 10.1. The number of hydrogen-bond acceptors (Lipinski definition) is 5. The van der Waals surface area contributed by atoms with E-state index >= 15 is 0 Å². The average molecular weight is 348 g/mol. The van der Waals surface area contributed by atoms with Crippen molar-refractivity contribution >= 4 is 17.9 Å². The second-order valence-electron chi connectivity index (χ2n) is 6.60. The molecule has 2 rings (SSSR count). The minimum absolute atomic E-state index is 0.0610. The molecule has 1 aliphatic heterocycles. The van der Waals surface area contributed by atoms with Crippen molar-refractivity contribution in [1.29, 1.82) is 0 Å². The molecule has 2 heterocycles. The number of aromatic nitrogens is 2. The molecular formula is C17H28N6O2. The number of amides is 3. The number of carbonyl (C=O) groups is 2. The van der Waals surface area contributed by atoms with Gasteiger partial charge >= 0.3 is 6.03 Å². The molecule has 25 heavy (non-hydrogen) atoms. The van der Waals surface area contributed by atoms with Crippen molar-refractivity contribution in [2.24, 2.45) is 5.92 Å². The zero-order valence-corrected chi connectivity index (χ0v) is 15.2. The summed E-state index contributed by atoms with van der Waals surface area (Å²) in [5, 5.41) is 5.61. The molecule has 1 saturated heterocycles. The highest BCUT2D eigenvalue weighted by molar-refractivity contribution is 5.78. The Bertz CT molecular complexity index is 558. The Morgan fingerprint density at radius 1 is 1.12 bits per heavy atom. The van der Waals surface area contributed by atoms with Crippen molar-refractivity contribution in [1.82, 2.24) is 25.5 Å². The van der Waals surface area contributed by atoms with E-state index in [4.69, 9.17) is 0 Å². The van der Waals surface area contributed by atoms with Gasteiger partial charge in [0.25, 0.3) is 0 Å². The van der Waals surface area contributed by atoms with Crippen LogP contribution in [0.15, 0.2) is 18.5 Å². The number of piperazine rings is 1. The third-order valence-corrected chi connectivity index (χ3v) is 4.45. The quantitative estimate of drug-likeness (QED) is 0.796. The van der Waals surface area contributed by atoms with Crippen LogP contribution in [-0.2, 0) is 4.79 Å². The largest absolute Gasteiger partial charge is 0.339 e. The molecule has 0 bridgehead atoms. The van der Waals surface area contributed by atoms with E-state index in [2.05, 4.69) is 39.3 Å². The van der Waals surface area contributed by atoms with Crippen LogP contribution in [0.4, 0.5) is 10.7 Å². The van der Waals surface area contributed by atoms with E-state index in [0.717, 1.165) is 13.1 Å². The highest BCUT2D eigenvalue weighted by Crippen LogP contribution is 2.10. The number of nitrogens with zero attached hydrogens (tertiary/aromatic N) is 4. The topological polar surface area (TPSA) is 90.5 Å². The van der Waals surface area contributed by atoms with Crippen molar-refractivity contribution in [3.05, 3.63) is 18.5 Å². The number of rotatable bonds is 6. The first-order valence-electron chi connectivity index (χ1n) is 8.81. The van der Waals surface area contributed by atoms with Crippen molar-refractivity contribution in [3.8, 4) is 0 Å². The minimum Gasteiger partial charge on any atom is -0.339 e. The molecule has 0 saturated carbocycles. The van der Waals surface area contributed by atoms with Gasteiger partial charge in [-0.1, -0.05) is 13.8 Å². The summed E-state index contributed by atoms with van der Waals surface area (Å²) in [5.41, 5.74) is 0. The Morgan fingerprint density at radius 2 is 1.76 bits per heavy atom. The molecule has 1 aromatic heterocycles. The number of nitrogens with one attached hydrogen (secondary N) is 2. The van der Waals surface area contributed by atoms with E-state index in [1.807, 2.05) is 11.8 Å². The van der Waals surface area contributed by atoms with E-state index < -0.39 is 0 Å². The van der Waals surface area contributed by atoms with Crippen LogP contribution < -0.4 is 15.5 Å². The van der Waals surface area contributed by atoms with Crippen molar-refractivity contribution < 1.29 is 9.59 Å². The van der Waals surface area contributed by atoms with Gasteiger partial charge in [0.1, 0.15) is 0 Å². The maximum absolute atomic E-state index is 12.3.